The van der Waals surface area contributed by atoms with Gasteiger partial charge >= 0.3 is 5.56 Å². The first kappa shape index (κ1) is 28.1. The number of ether oxygens (including phenoxy) is 1. The monoisotopic (exact) mass is 597 g/mol. The van der Waals surface area contributed by atoms with Gasteiger partial charge in [-0.1, -0.05) is 36.7 Å². The molecular weight excluding hydrogens is 562 g/mol. The maximum absolute atomic E-state index is 13.6. The van der Waals surface area contributed by atoms with E-state index in [9.17, 15) is 13.2 Å². The number of rotatable bonds is 9. The molecule has 41 heavy (non-hydrogen) atoms. The highest BCUT2D eigenvalue weighted by atomic mass is 35.5. The predicted octanol–water partition coefficient (Wildman–Crippen LogP) is 4.32. The molecule has 11 heteroatoms. The number of sulfonamides is 1. The third-order valence-electron chi connectivity index (χ3n) is 8.37. The normalized spacial score (nSPS) is 19.0. The molecule has 3 fully saturated rings. The van der Waals surface area contributed by atoms with Crippen molar-refractivity contribution in [2.45, 2.75) is 38.4 Å². The summed E-state index contributed by atoms with van der Waals surface area (Å²) < 4.78 is 35.6. The molecule has 2 saturated heterocycles. The molecule has 2 aliphatic heterocycles. The van der Waals surface area contributed by atoms with Crippen LogP contribution in [0.4, 0.5) is 11.4 Å². The van der Waals surface area contributed by atoms with Gasteiger partial charge in [0.1, 0.15) is 5.69 Å². The van der Waals surface area contributed by atoms with Gasteiger partial charge in [0.2, 0.25) is 15.8 Å². The van der Waals surface area contributed by atoms with Crippen LogP contribution in [0.15, 0.2) is 59.5 Å². The average Bonchev–Trinajstić information content (AvgIpc) is 3.45. The van der Waals surface area contributed by atoms with Crippen LogP contribution < -0.4 is 20.1 Å². The van der Waals surface area contributed by atoms with Crippen molar-refractivity contribution in [1.29, 1.82) is 0 Å². The van der Waals surface area contributed by atoms with Gasteiger partial charge in [0.05, 0.1) is 24.2 Å². The van der Waals surface area contributed by atoms with Gasteiger partial charge in [-0.15, -0.1) is 0 Å². The van der Waals surface area contributed by atoms with E-state index in [4.69, 9.17) is 16.3 Å². The Balaban J connectivity index is 1.16. The fourth-order valence-electron chi connectivity index (χ4n) is 5.47. The molecule has 0 radical (unpaired) electrons. The summed E-state index contributed by atoms with van der Waals surface area (Å²) in [6, 6.07) is 14.9. The lowest BCUT2D eigenvalue weighted by Crippen LogP contribution is -2.49. The minimum atomic E-state index is -3.49. The highest BCUT2D eigenvalue weighted by molar-refractivity contribution is 7.88. The predicted molar refractivity (Wildman–Crippen MR) is 162 cm³/mol. The summed E-state index contributed by atoms with van der Waals surface area (Å²) in [6.45, 7) is 6.21. The lowest BCUT2D eigenvalue weighted by atomic mass is 10.2. The van der Waals surface area contributed by atoms with E-state index in [-0.39, 0.29) is 22.5 Å². The van der Waals surface area contributed by atoms with E-state index in [1.807, 2.05) is 29.2 Å². The second kappa shape index (κ2) is 11.3. The van der Waals surface area contributed by atoms with E-state index in [0.29, 0.717) is 49.2 Å². The molecule has 2 aromatic carbocycles. The molecule has 0 unspecified atom stereocenters. The SMILES string of the molecule is CC1(COc2c(N3CCN(S(=O)(=O)Cc4ccc(N5CCCC5)cc4)CC3)cnn(-c3cccc(Cl)c3)c2=O)CC1. The van der Waals surface area contributed by atoms with Crippen molar-refractivity contribution >= 4 is 33.0 Å². The van der Waals surface area contributed by atoms with Gasteiger partial charge in [0.15, 0.2) is 0 Å². The molecule has 1 aliphatic carbocycles. The Labute approximate surface area is 246 Å². The summed E-state index contributed by atoms with van der Waals surface area (Å²) in [5.74, 6) is 0.208. The zero-order valence-electron chi connectivity index (χ0n) is 23.3. The maximum atomic E-state index is 13.6. The zero-order valence-corrected chi connectivity index (χ0v) is 24.9. The summed E-state index contributed by atoms with van der Waals surface area (Å²) in [5.41, 5.74) is 2.80. The number of hydrogen-bond donors (Lipinski definition) is 0. The third kappa shape index (κ3) is 6.24. The second-order valence-corrected chi connectivity index (χ2v) is 14.1. The van der Waals surface area contributed by atoms with Crippen LogP contribution in [0.5, 0.6) is 5.75 Å². The molecule has 0 amide bonds. The van der Waals surface area contributed by atoms with Crippen molar-refractivity contribution in [3.63, 3.8) is 0 Å². The van der Waals surface area contributed by atoms with Crippen LogP contribution in [-0.2, 0) is 15.8 Å². The quantitative estimate of drug-likeness (QED) is 0.363. The van der Waals surface area contributed by atoms with Crippen molar-refractivity contribution in [3.8, 4) is 11.4 Å². The Morgan fingerprint density at radius 3 is 2.29 bits per heavy atom. The molecule has 218 valence electrons. The number of benzene rings is 2. The molecular formula is C30H36ClN5O4S. The number of aromatic nitrogens is 2. The summed E-state index contributed by atoms with van der Waals surface area (Å²) >= 11 is 6.17. The number of anilines is 2. The lowest BCUT2D eigenvalue weighted by Gasteiger charge is -2.35. The number of piperazine rings is 1. The molecule has 0 spiro atoms. The van der Waals surface area contributed by atoms with Crippen LogP contribution in [-0.4, -0.2) is 68.4 Å². The summed E-state index contributed by atoms with van der Waals surface area (Å²) in [4.78, 5) is 17.9. The average molecular weight is 598 g/mol. The van der Waals surface area contributed by atoms with E-state index in [1.165, 1.54) is 17.5 Å². The van der Waals surface area contributed by atoms with Crippen molar-refractivity contribution in [2.75, 3.05) is 55.7 Å². The number of nitrogens with zero attached hydrogens (tertiary/aromatic N) is 5. The largest absolute Gasteiger partial charge is 0.486 e. The Bertz CT molecular complexity index is 1560. The molecule has 3 aliphatic rings. The first-order chi connectivity index (χ1) is 19.7. The van der Waals surface area contributed by atoms with Gasteiger partial charge < -0.3 is 14.5 Å². The fourth-order valence-corrected chi connectivity index (χ4v) is 7.17. The van der Waals surface area contributed by atoms with Gasteiger partial charge in [-0.25, -0.2) is 8.42 Å². The van der Waals surface area contributed by atoms with Gasteiger partial charge in [0.25, 0.3) is 0 Å². The van der Waals surface area contributed by atoms with E-state index >= 15 is 0 Å². The molecule has 3 aromatic rings. The lowest BCUT2D eigenvalue weighted by molar-refractivity contribution is 0.242. The molecule has 0 N–H and O–H groups in total. The Hall–Kier alpha value is -3.08. The molecule has 0 atom stereocenters. The third-order valence-corrected chi connectivity index (χ3v) is 10.5. The van der Waals surface area contributed by atoms with Gasteiger partial charge in [0, 0.05) is 55.4 Å². The standard InChI is InChI=1S/C30H36ClN5O4S/c1-30(11-12-30)22-40-28-27(20-32-36(29(28)37)26-6-4-5-24(31)19-26)34-15-17-35(18-16-34)41(38,39)21-23-7-9-25(10-8-23)33-13-2-3-14-33/h4-10,19-20H,2-3,11-18,21-22H2,1H3. The van der Waals surface area contributed by atoms with Crippen LogP contribution in [0, 0.1) is 5.41 Å². The first-order valence-electron chi connectivity index (χ1n) is 14.3. The van der Waals surface area contributed by atoms with Crippen LogP contribution in [0.1, 0.15) is 38.2 Å². The number of halogens is 1. The number of hydrogen-bond acceptors (Lipinski definition) is 7. The second-order valence-electron chi connectivity index (χ2n) is 11.7. The van der Waals surface area contributed by atoms with Gasteiger partial charge in [-0.3, -0.25) is 4.79 Å². The molecule has 1 aromatic heterocycles. The molecule has 1 saturated carbocycles. The molecule has 0 bridgehead atoms. The van der Waals surface area contributed by atoms with E-state index in [1.54, 1.807) is 34.8 Å². The maximum Gasteiger partial charge on any atom is 0.316 e. The van der Waals surface area contributed by atoms with Crippen LogP contribution in [0.3, 0.4) is 0 Å². The zero-order chi connectivity index (χ0) is 28.6. The van der Waals surface area contributed by atoms with Crippen LogP contribution >= 0.6 is 11.6 Å². The minimum Gasteiger partial charge on any atom is -0.486 e. The molecule has 3 heterocycles. The van der Waals surface area contributed by atoms with Crippen molar-refractivity contribution in [1.82, 2.24) is 14.1 Å². The van der Waals surface area contributed by atoms with Crippen LogP contribution in [0.25, 0.3) is 5.69 Å². The Morgan fingerprint density at radius 2 is 1.63 bits per heavy atom. The summed E-state index contributed by atoms with van der Waals surface area (Å²) in [5, 5.41) is 4.94. The van der Waals surface area contributed by atoms with E-state index < -0.39 is 10.0 Å². The van der Waals surface area contributed by atoms with Crippen molar-refractivity contribution < 1.29 is 13.2 Å². The molecule has 6 rings (SSSR count). The van der Waals surface area contributed by atoms with E-state index in [2.05, 4.69) is 16.9 Å². The minimum absolute atomic E-state index is 0.0303. The summed E-state index contributed by atoms with van der Waals surface area (Å²) in [6.07, 6.45) is 6.16. The topological polar surface area (TPSA) is 88.0 Å². The van der Waals surface area contributed by atoms with Crippen molar-refractivity contribution in [3.05, 3.63) is 75.7 Å². The first-order valence-corrected chi connectivity index (χ1v) is 16.3. The van der Waals surface area contributed by atoms with Gasteiger partial charge in [-0.2, -0.15) is 14.1 Å². The summed E-state index contributed by atoms with van der Waals surface area (Å²) in [7, 11) is -3.49. The van der Waals surface area contributed by atoms with Crippen LogP contribution in [0.2, 0.25) is 5.02 Å². The smallest absolute Gasteiger partial charge is 0.316 e. The fraction of sp³-hybridized carbons (Fsp3) is 0.467. The van der Waals surface area contributed by atoms with E-state index in [0.717, 1.165) is 37.2 Å². The Kier molecular flexibility index (Phi) is 7.74. The highest BCUT2D eigenvalue weighted by Gasteiger charge is 2.39. The Morgan fingerprint density at radius 1 is 0.927 bits per heavy atom. The highest BCUT2D eigenvalue weighted by Crippen LogP contribution is 2.45. The molecule has 9 nitrogen and oxygen atoms in total. The van der Waals surface area contributed by atoms with Gasteiger partial charge in [-0.05, 0) is 61.6 Å². The van der Waals surface area contributed by atoms with Crippen molar-refractivity contribution in [2.24, 2.45) is 5.41 Å².